The van der Waals surface area contributed by atoms with Crippen LogP contribution in [0.5, 0.6) is 0 Å². The lowest BCUT2D eigenvalue weighted by atomic mass is 10.2. The maximum atomic E-state index is 10.5. The van der Waals surface area contributed by atoms with Gasteiger partial charge in [0.25, 0.3) is 0 Å². The second kappa shape index (κ2) is 15.8. The van der Waals surface area contributed by atoms with Crippen molar-refractivity contribution >= 4 is 5.97 Å². The summed E-state index contributed by atoms with van der Waals surface area (Å²) in [5, 5.41) is 11.2. The van der Waals surface area contributed by atoms with E-state index >= 15 is 0 Å². The fraction of sp³-hybridized carbons (Fsp3) is 0.909. The second-order valence-electron chi connectivity index (χ2n) is 3.02. The topological polar surface area (TPSA) is 58.6 Å². The Morgan fingerprint density at radius 1 is 1.20 bits per heavy atom. The summed E-state index contributed by atoms with van der Waals surface area (Å²) in [5.74, 6) is -0.548. The fourth-order valence-corrected chi connectivity index (χ4v) is 0.992. The van der Waals surface area contributed by atoms with Gasteiger partial charge in [0.05, 0.1) is 0 Å². The van der Waals surface area contributed by atoms with Crippen LogP contribution in [0, 0.1) is 0 Å². The highest BCUT2D eigenvalue weighted by molar-refractivity contribution is 5.68. The first-order valence-corrected chi connectivity index (χ1v) is 5.86. The van der Waals surface area contributed by atoms with Crippen LogP contribution in [0.3, 0.4) is 0 Å². The molecule has 2 N–H and O–H groups in total. The minimum Gasteiger partial charge on any atom is -0.317 e. The van der Waals surface area contributed by atoms with Crippen molar-refractivity contribution in [3.05, 3.63) is 0 Å². The first kappa shape index (κ1) is 16.8. The zero-order valence-electron chi connectivity index (χ0n) is 10.2. The average Bonchev–Trinajstić information content (AvgIpc) is 2.30. The molecule has 0 aromatic rings. The highest BCUT2D eigenvalue weighted by Gasteiger charge is 1.99. The van der Waals surface area contributed by atoms with Gasteiger partial charge in [0.1, 0.15) is 0 Å². The number of hydrogen-bond donors (Lipinski definition) is 2. The third-order valence-corrected chi connectivity index (χ3v) is 1.79. The molecule has 0 rings (SSSR count). The molecule has 0 aliphatic carbocycles. The molecule has 0 spiro atoms. The highest BCUT2D eigenvalue weighted by Crippen LogP contribution is 1.95. The minimum absolute atomic E-state index is 0.298. The van der Waals surface area contributed by atoms with Crippen LogP contribution in [0.2, 0.25) is 0 Å². The Labute approximate surface area is 92.9 Å². The number of unbranched alkanes of at least 4 members (excludes halogenated alkanes) is 2. The average molecular weight is 219 g/mol. The van der Waals surface area contributed by atoms with E-state index in [1.807, 2.05) is 13.8 Å². The molecule has 0 heterocycles. The molecule has 15 heavy (non-hydrogen) atoms. The standard InChI is InChI=1S/C9H19NO3.C2H6/c1-2-3-7-10-8-5-4-6-9(11)13-12;1-2/h10,12H,2-8H2,1H3;1-2H3. The van der Waals surface area contributed by atoms with Gasteiger partial charge in [-0.1, -0.05) is 27.2 Å². The summed E-state index contributed by atoms with van der Waals surface area (Å²) in [7, 11) is 0. The lowest BCUT2D eigenvalue weighted by Crippen LogP contribution is -2.16. The van der Waals surface area contributed by atoms with Crippen molar-refractivity contribution in [2.24, 2.45) is 0 Å². The lowest BCUT2D eigenvalue weighted by molar-refractivity contribution is -0.234. The normalized spacial score (nSPS) is 9.07. The maximum absolute atomic E-state index is 10.5. The van der Waals surface area contributed by atoms with Crippen molar-refractivity contribution in [1.29, 1.82) is 0 Å². The van der Waals surface area contributed by atoms with Gasteiger partial charge < -0.3 is 10.2 Å². The van der Waals surface area contributed by atoms with Crippen molar-refractivity contribution in [1.82, 2.24) is 5.32 Å². The summed E-state index contributed by atoms with van der Waals surface area (Å²) in [6, 6.07) is 0. The number of rotatable bonds is 8. The summed E-state index contributed by atoms with van der Waals surface area (Å²) in [6.45, 7) is 8.12. The third-order valence-electron chi connectivity index (χ3n) is 1.79. The van der Waals surface area contributed by atoms with Gasteiger partial charge in [0.15, 0.2) is 0 Å². The maximum Gasteiger partial charge on any atom is 0.342 e. The molecule has 0 aliphatic heterocycles. The van der Waals surface area contributed by atoms with Crippen LogP contribution in [0.15, 0.2) is 0 Å². The Morgan fingerprint density at radius 2 is 1.80 bits per heavy atom. The van der Waals surface area contributed by atoms with Crippen molar-refractivity contribution in [2.45, 2.75) is 52.9 Å². The Morgan fingerprint density at radius 3 is 2.33 bits per heavy atom. The fourth-order valence-electron chi connectivity index (χ4n) is 0.992. The largest absolute Gasteiger partial charge is 0.342 e. The van der Waals surface area contributed by atoms with Crippen LogP contribution in [0.25, 0.3) is 0 Å². The molecule has 0 amide bonds. The van der Waals surface area contributed by atoms with Gasteiger partial charge >= 0.3 is 5.97 Å². The van der Waals surface area contributed by atoms with Gasteiger partial charge in [-0.3, -0.25) is 0 Å². The van der Waals surface area contributed by atoms with Gasteiger partial charge in [-0.25, -0.2) is 4.79 Å². The SMILES string of the molecule is CC.CCCCNCCCCC(=O)OO. The zero-order valence-corrected chi connectivity index (χ0v) is 10.2. The van der Waals surface area contributed by atoms with Gasteiger partial charge in [-0.05, 0) is 32.4 Å². The highest BCUT2D eigenvalue weighted by atomic mass is 17.1. The van der Waals surface area contributed by atoms with E-state index in [0.717, 1.165) is 25.9 Å². The third kappa shape index (κ3) is 16.1. The summed E-state index contributed by atoms with van der Waals surface area (Å²) >= 11 is 0. The molecular formula is C11H25NO3. The van der Waals surface area contributed by atoms with E-state index < -0.39 is 5.97 Å². The summed E-state index contributed by atoms with van der Waals surface area (Å²) in [4.78, 5) is 14.0. The smallest absolute Gasteiger partial charge is 0.317 e. The van der Waals surface area contributed by atoms with E-state index in [1.54, 1.807) is 0 Å². The summed E-state index contributed by atoms with van der Waals surface area (Å²) in [5.41, 5.74) is 0. The van der Waals surface area contributed by atoms with Crippen LogP contribution < -0.4 is 5.32 Å². The number of nitrogens with one attached hydrogen (secondary N) is 1. The Kier molecular flexibility index (Phi) is 17.8. The van der Waals surface area contributed by atoms with Crippen LogP contribution >= 0.6 is 0 Å². The van der Waals surface area contributed by atoms with Crippen LogP contribution in [0.4, 0.5) is 0 Å². The van der Waals surface area contributed by atoms with Crippen LogP contribution in [-0.2, 0) is 9.68 Å². The molecular weight excluding hydrogens is 194 g/mol. The Balaban J connectivity index is 0. The van der Waals surface area contributed by atoms with E-state index in [0.29, 0.717) is 6.42 Å². The molecule has 0 fully saturated rings. The van der Waals surface area contributed by atoms with Gasteiger partial charge in [-0.2, -0.15) is 5.26 Å². The molecule has 0 bridgehead atoms. The van der Waals surface area contributed by atoms with Crippen molar-refractivity contribution in [3.8, 4) is 0 Å². The minimum atomic E-state index is -0.548. The first-order chi connectivity index (χ1) is 7.31. The van der Waals surface area contributed by atoms with Crippen molar-refractivity contribution < 1.29 is 14.9 Å². The molecule has 4 heteroatoms. The quantitative estimate of drug-likeness (QED) is 0.374. The molecule has 0 unspecified atom stereocenters. The van der Waals surface area contributed by atoms with Crippen LogP contribution in [0.1, 0.15) is 52.9 Å². The molecule has 0 atom stereocenters. The van der Waals surface area contributed by atoms with E-state index in [1.165, 1.54) is 12.8 Å². The van der Waals surface area contributed by atoms with E-state index in [9.17, 15) is 4.79 Å². The molecule has 0 aliphatic rings. The molecule has 92 valence electrons. The predicted molar refractivity (Wildman–Crippen MR) is 61.7 cm³/mol. The van der Waals surface area contributed by atoms with Crippen molar-refractivity contribution in [3.63, 3.8) is 0 Å². The molecule has 4 nitrogen and oxygen atoms in total. The number of hydrogen-bond acceptors (Lipinski definition) is 4. The van der Waals surface area contributed by atoms with Crippen LogP contribution in [-0.4, -0.2) is 24.3 Å². The number of carbonyl (C=O) groups is 1. The van der Waals surface area contributed by atoms with Crippen molar-refractivity contribution in [2.75, 3.05) is 13.1 Å². The predicted octanol–water partition coefficient (Wildman–Crippen LogP) is 2.59. The zero-order chi connectivity index (χ0) is 11.9. The molecule has 0 radical (unpaired) electrons. The second-order valence-corrected chi connectivity index (χ2v) is 3.02. The Hall–Kier alpha value is -0.610. The summed E-state index contributed by atoms with van der Waals surface area (Å²) in [6.07, 6.45) is 4.39. The molecule has 0 aromatic heterocycles. The van der Waals surface area contributed by atoms with Gasteiger partial charge in [0, 0.05) is 6.42 Å². The monoisotopic (exact) mass is 219 g/mol. The van der Waals surface area contributed by atoms with E-state index in [2.05, 4.69) is 17.1 Å². The molecule has 0 aromatic carbocycles. The Bertz CT molecular complexity index is 129. The number of carbonyl (C=O) groups excluding carboxylic acids is 1. The van der Waals surface area contributed by atoms with Gasteiger partial charge in [-0.15, -0.1) is 0 Å². The molecule has 0 saturated heterocycles. The first-order valence-electron chi connectivity index (χ1n) is 5.86. The van der Waals surface area contributed by atoms with E-state index in [-0.39, 0.29) is 0 Å². The summed E-state index contributed by atoms with van der Waals surface area (Å²) < 4.78 is 0. The molecule has 0 saturated carbocycles. The van der Waals surface area contributed by atoms with E-state index in [4.69, 9.17) is 5.26 Å². The van der Waals surface area contributed by atoms with Gasteiger partial charge in [0.2, 0.25) is 0 Å². The lowest BCUT2D eigenvalue weighted by Gasteiger charge is -2.02.